The maximum Gasteiger partial charge on any atom is 0.264 e. The summed E-state index contributed by atoms with van der Waals surface area (Å²) in [5, 5.41) is 3.86. The smallest absolute Gasteiger partial charge is 0.264 e. The molecule has 0 spiro atoms. The van der Waals surface area contributed by atoms with Crippen LogP contribution in [0.5, 0.6) is 0 Å². The average molecular weight is 653 g/mol. The highest BCUT2D eigenvalue weighted by Crippen LogP contribution is 2.31. The Kier molecular flexibility index (Phi) is 11.7. The van der Waals surface area contributed by atoms with Crippen LogP contribution >= 0.6 is 34.8 Å². The van der Waals surface area contributed by atoms with Gasteiger partial charge < -0.3 is 10.2 Å². The Morgan fingerprint density at radius 2 is 1.55 bits per heavy atom. The van der Waals surface area contributed by atoms with E-state index < -0.39 is 28.5 Å². The first-order valence-corrected chi connectivity index (χ1v) is 16.2. The number of anilines is 1. The lowest BCUT2D eigenvalue weighted by Crippen LogP contribution is -2.52. The van der Waals surface area contributed by atoms with Gasteiger partial charge in [-0.1, -0.05) is 85.4 Å². The van der Waals surface area contributed by atoms with Gasteiger partial charge in [-0.3, -0.25) is 13.9 Å². The van der Waals surface area contributed by atoms with E-state index in [-0.39, 0.29) is 35.4 Å². The Hall–Kier alpha value is -2.78. The maximum atomic E-state index is 14.2. The summed E-state index contributed by atoms with van der Waals surface area (Å²) in [5.41, 5.74) is 2.20. The largest absolute Gasteiger partial charge is 0.354 e. The summed E-state index contributed by atoms with van der Waals surface area (Å²) in [6.45, 7) is 9.04. The van der Waals surface area contributed by atoms with Crippen LogP contribution in [0.3, 0.4) is 0 Å². The third-order valence-corrected chi connectivity index (χ3v) is 9.51. The van der Waals surface area contributed by atoms with Crippen LogP contribution in [0.25, 0.3) is 0 Å². The Morgan fingerprint density at radius 1 is 0.929 bits per heavy atom. The van der Waals surface area contributed by atoms with Crippen molar-refractivity contribution in [1.29, 1.82) is 0 Å². The molecule has 42 heavy (non-hydrogen) atoms. The first kappa shape index (κ1) is 33.7. The number of hydrogen-bond acceptors (Lipinski definition) is 4. The van der Waals surface area contributed by atoms with Crippen molar-refractivity contribution in [1.82, 2.24) is 10.2 Å². The molecule has 0 aliphatic carbocycles. The van der Waals surface area contributed by atoms with Gasteiger partial charge in [0.05, 0.1) is 10.6 Å². The van der Waals surface area contributed by atoms with Gasteiger partial charge >= 0.3 is 0 Å². The van der Waals surface area contributed by atoms with Gasteiger partial charge in [-0.25, -0.2) is 8.42 Å². The zero-order valence-corrected chi connectivity index (χ0v) is 27.4. The molecule has 0 aliphatic heterocycles. The fraction of sp³-hybridized carbons (Fsp3) is 0.355. The van der Waals surface area contributed by atoms with Gasteiger partial charge in [0, 0.05) is 33.7 Å². The number of benzene rings is 3. The van der Waals surface area contributed by atoms with Gasteiger partial charge in [-0.05, 0) is 68.1 Å². The molecule has 0 saturated heterocycles. The number of aryl methyl sites for hydroxylation is 2. The van der Waals surface area contributed by atoms with E-state index in [1.165, 1.54) is 23.1 Å². The Balaban J connectivity index is 2.13. The number of carbonyl (C=O) groups is 2. The molecule has 1 unspecified atom stereocenters. The van der Waals surface area contributed by atoms with E-state index in [0.717, 1.165) is 9.87 Å². The SMILES string of the molecule is CCC(C(=O)NCC(C)C)N(Cc1c(Cl)cccc1Cl)C(=O)CN(c1cc(Cl)ccc1C)S(=O)(=O)c1ccc(C)cc1. The van der Waals surface area contributed by atoms with Crippen LogP contribution < -0.4 is 9.62 Å². The van der Waals surface area contributed by atoms with Crippen LogP contribution in [0.2, 0.25) is 15.1 Å². The van der Waals surface area contributed by atoms with E-state index in [9.17, 15) is 18.0 Å². The van der Waals surface area contributed by atoms with Gasteiger partial charge in [-0.15, -0.1) is 0 Å². The predicted molar refractivity (Wildman–Crippen MR) is 171 cm³/mol. The lowest BCUT2D eigenvalue weighted by atomic mass is 10.1. The molecule has 0 fully saturated rings. The quantitative estimate of drug-likeness (QED) is 0.227. The lowest BCUT2D eigenvalue weighted by Gasteiger charge is -2.34. The summed E-state index contributed by atoms with van der Waals surface area (Å²) >= 11 is 19.2. The van der Waals surface area contributed by atoms with E-state index in [0.29, 0.717) is 32.7 Å². The molecule has 3 aromatic rings. The van der Waals surface area contributed by atoms with Gasteiger partial charge in [0.1, 0.15) is 12.6 Å². The number of rotatable bonds is 12. The van der Waals surface area contributed by atoms with Crippen LogP contribution in [0.4, 0.5) is 5.69 Å². The molecule has 226 valence electrons. The zero-order valence-electron chi connectivity index (χ0n) is 24.3. The molecule has 1 atom stereocenters. The Bertz CT molecular complexity index is 1510. The van der Waals surface area contributed by atoms with Crippen LogP contribution in [0.1, 0.15) is 43.9 Å². The normalized spacial score (nSPS) is 12.2. The van der Waals surface area contributed by atoms with Gasteiger partial charge in [0.2, 0.25) is 11.8 Å². The van der Waals surface area contributed by atoms with Crippen molar-refractivity contribution in [3.63, 3.8) is 0 Å². The second-order valence-corrected chi connectivity index (χ2v) is 13.7. The molecular formula is C31H36Cl3N3O4S. The second kappa shape index (κ2) is 14.6. The highest BCUT2D eigenvalue weighted by molar-refractivity contribution is 7.92. The number of amides is 2. The highest BCUT2D eigenvalue weighted by atomic mass is 35.5. The number of nitrogens with one attached hydrogen (secondary N) is 1. The molecule has 7 nitrogen and oxygen atoms in total. The van der Waals surface area contributed by atoms with Gasteiger partial charge in [-0.2, -0.15) is 0 Å². The first-order valence-electron chi connectivity index (χ1n) is 13.6. The van der Waals surface area contributed by atoms with Gasteiger partial charge in [0.25, 0.3) is 10.0 Å². The number of halogens is 3. The van der Waals surface area contributed by atoms with Crippen LogP contribution in [-0.4, -0.2) is 44.3 Å². The third-order valence-electron chi connectivity index (χ3n) is 6.79. The number of hydrogen-bond donors (Lipinski definition) is 1. The summed E-state index contributed by atoms with van der Waals surface area (Å²) < 4.78 is 29.2. The lowest BCUT2D eigenvalue weighted by molar-refractivity contribution is -0.140. The van der Waals surface area contributed by atoms with E-state index in [1.54, 1.807) is 56.3 Å². The molecule has 0 heterocycles. The van der Waals surface area contributed by atoms with E-state index in [1.807, 2.05) is 20.8 Å². The van der Waals surface area contributed by atoms with Crippen molar-refractivity contribution < 1.29 is 18.0 Å². The minimum absolute atomic E-state index is 0.0164. The summed E-state index contributed by atoms with van der Waals surface area (Å²) in [6.07, 6.45) is 0.276. The van der Waals surface area contributed by atoms with E-state index in [2.05, 4.69) is 5.32 Å². The standard InChI is InChI=1S/C31H36Cl3N3O4S/c1-6-28(31(39)35-17-20(2)3)36(18-25-26(33)8-7-9-27(25)34)30(38)19-37(29-16-23(32)13-12-22(29)5)42(40,41)24-14-10-21(4)11-15-24/h7-16,20,28H,6,17-19H2,1-5H3,(H,35,39). The summed E-state index contributed by atoms with van der Waals surface area (Å²) in [7, 11) is -4.23. The number of sulfonamides is 1. The monoisotopic (exact) mass is 651 g/mol. The molecule has 3 rings (SSSR count). The Morgan fingerprint density at radius 3 is 2.12 bits per heavy atom. The molecule has 0 bridgehead atoms. The summed E-state index contributed by atoms with van der Waals surface area (Å²) in [5.74, 6) is -0.767. The molecular weight excluding hydrogens is 617 g/mol. The van der Waals surface area contributed by atoms with Crippen LogP contribution in [-0.2, 0) is 26.2 Å². The van der Waals surface area contributed by atoms with Crippen LogP contribution in [0, 0.1) is 19.8 Å². The van der Waals surface area contributed by atoms with Crippen molar-refractivity contribution in [3.8, 4) is 0 Å². The predicted octanol–water partition coefficient (Wildman–Crippen LogP) is 7.04. The Labute approximate surface area is 263 Å². The highest BCUT2D eigenvalue weighted by Gasteiger charge is 2.35. The third kappa shape index (κ3) is 8.19. The average Bonchev–Trinajstić information content (AvgIpc) is 2.93. The molecule has 2 amide bonds. The molecule has 0 aromatic heterocycles. The minimum atomic E-state index is -4.23. The minimum Gasteiger partial charge on any atom is -0.354 e. The van der Waals surface area contributed by atoms with Crippen molar-refractivity contribution >= 4 is 62.3 Å². The number of nitrogens with zero attached hydrogens (tertiary/aromatic N) is 2. The number of carbonyl (C=O) groups excluding carboxylic acids is 2. The van der Waals surface area contributed by atoms with Crippen LogP contribution in [0.15, 0.2) is 65.6 Å². The topological polar surface area (TPSA) is 86.8 Å². The zero-order chi connectivity index (χ0) is 31.2. The fourth-order valence-corrected chi connectivity index (χ4v) is 6.55. The first-order chi connectivity index (χ1) is 19.8. The summed E-state index contributed by atoms with van der Waals surface area (Å²) in [6, 6.07) is 15.3. The molecule has 0 aliphatic rings. The summed E-state index contributed by atoms with van der Waals surface area (Å²) in [4.78, 5) is 29.0. The van der Waals surface area contributed by atoms with Crippen molar-refractivity contribution in [2.75, 3.05) is 17.4 Å². The van der Waals surface area contributed by atoms with Crippen molar-refractivity contribution in [3.05, 3.63) is 92.4 Å². The maximum absolute atomic E-state index is 14.2. The van der Waals surface area contributed by atoms with E-state index >= 15 is 0 Å². The molecule has 1 N–H and O–H groups in total. The molecule has 0 radical (unpaired) electrons. The molecule has 11 heteroatoms. The van der Waals surface area contributed by atoms with E-state index in [4.69, 9.17) is 34.8 Å². The molecule has 3 aromatic carbocycles. The molecule has 0 saturated carbocycles. The second-order valence-electron chi connectivity index (χ2n) is 10.5. The fourth-order valence-electron chi connectivity index (χ4n) is 4.40. The van der Waals surface area contributed by atoms with Crippen molar-refractivity contribution in [2.45, 2.75) is 58.5 Å². The van der Waals surface area contributed by atoms with Gasteiger partial charge in [0.15, 0.2) is 0 Å². The van der Waals surface area contributed by atoms with Crippen molar-refractivity contribution in [2.24, 2.45) is 5.92 Å².